The summed E-state index contributed by atoms with van der Waals surface area (Å²) in [5, 5.41) is 6.29. The molecule has 0 bridgehead atoms. The van der Waals surface area contributed by atoms with E-state index in [9.17, 15) is 9.18 Å². The number of hydrogen-bond acceptors (Lipinski definition) is 6. The lowest BCUT2D eigenvalue weighted by atomic mass is 9.96. The third kappa shape index (κ3) is 6.57. The van der Waals surface area contributed by atoms with Crippen LogP contribution in [0, 0.1) is 11.7 Å². The molecule has 2 N–H and O–H groups in total. The molecule has 1 aromatic rings. The summed E-state index contributed by atoms with van der Waals surface area (Å²) in [5.74, 6) is -0.268. The standard InChI is InChI=1S/C20H29FN6O2/c1-22-11-16-2-5-27(20(28)24-10-15-8-17(21)12-23-9-15)13-19(16)26-14-25-18-3-6-29-7-4-18/h8-9,11-12,16,18,25H,2-7,10,13-14H2,1H3,(H,24,28). The van der Waals surface area contributed by atoms with Gasteiger partial charge in [-0.05, 0) is 30.9 Å². The largest absolute Gasteiger partial charge is 0.381 e. The van der Waals surface area contributed by atoms with Crippen LogP contribution in [-0.4, -0.2) is 73.9 Å². The maximum absolute atomic E-state index is 13.2. The molecule has 0 spiro atoms. The molecule has 2 saturated heterocycles. The van der Waals surface area contributed by atoms with Gasteiger partial charge in [0.25, 0.3) is 0 Å². The molecule has 0 aromatic carbocycles. The maximum Gasteiger partial charge on any atom is 0.318 e. The van der Waals surface area contributed by atoms with Crippen molar-refractivity contribution in [3.8, 4) is 0 Å². The van der Waals surface area contributed by atoms with Gasteiger partial charge in [-0.15, -0.1) is 0 Å². The van der Waals surface area contributed by atoms with Crippen LogP contribution >= 0.6 is 0 Å². The van der Waals surface area contributed by atoms with Crippen molar-refractivity contribution in [2.75, 3.05) is 40.0 Å². The minimum atomic E-state index is -0.414. The number of nitrogens with zero attached hydrogens (tertiary/aromatic N) is 4. The van der Waals surface area contributed by atoms with E-state index in [4.69, 9.17) is 9.73 Å². The summed E-state index contributed by atoms with van der Waals surface area (Å²) in [5.41, 5.74) is 1.57. The number of aliphatic imine (C=N–C) groups is 2. The lowest BCUT2D eigenvalue weighted by molar-refractivity contribution is 0.0783. The highest BCUT2D eigenvalue weighted by Crippen LogP contribution is 2.15. The summed E-state index contributed by atoms with van der Waals surface area (Å²) < 4.78 is 18.6. The SMILES string of the molecule is CN=CC1CCN(C(=O)NCc2cncc(F)c2)CC1=NCNC1CCOCC1. The predicted octanol–water partition coefficient (Wildman–Crippen LogP) is 1.62. The van der Waals surface area contributed by atoms with E-state index in [1.54, 1.807) is 18.1 Å². The van der Waals surface area contributed by atoms with Crippen molar-refractivity contribution in [2.45, 2.75) is 31.8 Å². The van der Waals surface area contributed by atoms with Crippen LogP contribution in [0.25, 0.3) is 0 Å². The number of urea groups is 1. The Labute approximate surface area is 170 Å². The Balaban J connectivity index is 1.54. The highest BCUT2D eigenvalue weighted by atomic mass is 19.1. The Morgan fingerprint density at radius 1 is 1.38 bits per heavy atom. The van der Waals surface area contributed by atoms with Gasteiger partial charge in [0, 0.05) is 63.4 Å². The van der Waals surface area contributed by atoms with Gasteiger partial charge in [-0.25, -0.2) is 9.18 Å². The molecule has 29 heavy (non-hydrogen) atoms. The molecule has 1 unspecified atom stereocenters. The number of likely N-dealkylation sites (tertiary alicyclic amines) is 1. The Morgan fingerprint density at radius 3 is 2.97 bits per heavy atom. The number of aromatic nitrogens is 1. The number of nitrogens with one attached hydrogen (secondary N) is 2. The zero-order valence-corrected chi connectivity index (χ0v) is 16.8. The highest BCUT2D eigenvalue weighted by molar-refractivity contribution is 6.02. The van der Waals surface area contributed by atoms with E-state index >= 15 is 0 Å². The van der Waals surface area contributed by atoms with E-state index in [0.29, 0.717) is 31.4 Å². The Morgan fingerprint density at radius 2 is 2.21 bits per heavy atom. The zero-order chi connectivity index (χ0) is 20.5. The van der Waals surface area contributed by atoms with Crippen LogP contribution in [0.2, 0.25) is 0 Å². The molecule has 2 aliphatic heterocycles. The maximum atomic E-state index is 13.2. The second-order valence-corrected chi connectivity index (χ2v) is 7.29. The second kappa shape index (κ2) is 11.0. The minimum absolute atomic E-state index is 0.146. The molecule has 8 nitrogen and oxygen atoms in total. The smallest absolute Gasteiger partial charge is 0.318 e. The highest BCUT2D eigenvalue weighted by Gasteiger charge is 2.27. The first kappa shape index (κ1) is 21.3. The molecule has 3 rings (SSSR count). The number of carbonyl (C=O) groups is 1. The molecule has 1 atom stereocenters. The quantitative estimate of drug-likeness (QED) is 0.705. The fourth-order valence-corrected chi connectivity index (χ4v) is 3.55. The third-order valence-electron chi connectivity index (χ3n) is 5.20. The van der Waals surface area contributed by atoms with Gasteiger partial charge < -0.3 is 19.9 Å². The number of amides is 2. The summed E-state index contributed by atoms with van der Waals surface area (Å²) in [6.45, 7) is 3.41. The van der Waals surface area contributed by atoms with Gasteiger partial charge in [0.1, 0.15) is 5.82 Å². The predicted molar refractivity (Wildman–Crippen MR) is 110 cm³/mol. The van der Waals surface area contributed by atoms with Crippen molar-refractivity contribution in [1.29, 1.82) is 0 Å². The van der Waals surface area contributed by atoms with Gasteiger partial charge in [-0.1, -0.05) is 0 Å². The fraction of sp³-hybridized carbons (Fsp3) is 0.600. The van der Waals surface area contributed by atoms with Crippen molar-refractivity contribution in [1.82, 2.24) is 20.5 Å². The van der Waals surface area contributed by atoms with E-state index < -0.39 is 5.82 Å². The van der Waals surface area contributed by atoms with Crippen LogP contribution < -0.4 is 10.6 Å². The topological polar surface area (TPSA) is 91.2 Å². The van der Waals surface area contributed by atoms with E-state index in [-0.39, 0.29) is 18.5 Å². The van der Waals surface area contributed by atoms with E-state index in [0.717, 1.165) is 44.4 Å². The second-order valence-electron chi connectivity index (χ2n) is 7.29. The number of piperidine rings is 1. The van der Waals surface area contributed by atoms with Crippen molar-refractivity contribution in [2.24, 2.45) is 15.9 Å². The number of halogens is 1. The molecule has 9 heteroatoms. The minimum Gasteiger partial charge on any atom is -0.381 e. The summed E-state index contributed by atoms with van der Waals surface area (Å²) in [7, 11) is 1.75. The number of carbonyl (C=O) groups excluding carboxylic acids is 1. The average Bonchev–Trinajstić information content (AvgIpc) is 2.74. The lowest BCUT2D eigenvalue weighted by Gasteiger charge is -2.32. The molecule has 2 aliphatic rings. The van der Waals surface area contributed by atoms with Crippen LogP contribution in [0.15, 0.2) is 28.4 Å². The summed E-state index contributed by atoms with van der Waals surface area (Å²) >= 11 is 0. The monoisotopic (exact) mass is 404 g/mol. The lowest BCUT2D eigenvalue weighted by Crippen LogP contribution is -2.49. The molecule has 0 aliphatic carbocycles. The molecule has 158 valence electrons. The van der Waals surface area contributed by atoms with Crippen molar-refractivity contribution in [3.63, 3.8) is 0 Å². The third-order valence-corrected chi connectivity index (χ3v) is 5.20. The van der Waals surface area contributed by atoms with Gasteiger partial charge >= 0.3 is 6.03 Å². The number of rotatable bonds is 6. The van der Waals surface area contributed by atoms with E-state index in [1.807, 2.05) is 6.21 Å². The zero-order valence-electron chi connectivity index (χ0n) is 16.8. The van der Waals surface area contributed by atoms with Crippen LogP contribution in [0.1, 0.15) is 24.8 Å². The summed E-state index contributed by atoms with van der Waals surface area (Å²) in [6, 6.07) is 1.60. The van der Waals surface area contributed by atoms with E-state index in [2.05, 4.69) is 20.6 Å². The first-order chi connectivity index (χ1) is 14.2. The molecule has 0 saturated carbocycles. The fourth-order valence-electron chi connectivity index (χ4n) is 3.55. The Hall–Kier alpha value is -2.39. The molecule has 2 amide bonds. The Bertz CT molecular complexity index is 735. The first-order valence-electron chi connectivity index (χ1n) is 10.0. The first-order valence-corrected chi connectivity index (χ1v) is 10.0. The molecule has 2 fully saturated rings. The van der Waals surface area contributed by atoms with Gasteiger partial charge in [0.15, 0.2) is 0 Å². The van der Waals surface area contributed by atoms with Crippen molar-refractivity contribution in [3.05, 3.63) is 29.8 Å². The van der Waals surface area contributed by atoms with Crippen molar-refractivity contribution < 1.29 is 13.9 Å². The molecular weight excluding hydrogens is 375 g/mol. The molecular formula is C20H29FN6O2. The summed E-state index contributed by atoms with van der Waals surface area (Å²) in [4.78, 5) is 27.0. The van der Waals surface area contributed by atoms with Gasteiger partial charge in [-0.2, -0.15) is 0 Å². The van der Waals surface area contributed by atoms with Gasteiger partial charge in [-0.3, -0.25) is 15.3 Å². The number of pyridine rings is 1. The van der Waals surface area contributed by atoms with Crippen molar-refractivity contribution >= 4 is 18.0 Å². The van der Waals surface area contributed by atoms with Crippen LogP contribution in [0.5, 0.6) is 0 Å². The molecule has 1 aromatic heterocycles. The van der Waals surface area contributed by atoms with E-state index in [1.165, 1.54) is 6.07 Å². The summed E-state index contributed by atoms with van der Waals surface area (Å²) in [6.07, 6.45) is 7.36. The number of hydrogen-bond donors (Lipinski definition) is 2. The number of ether oxygens (including phenoxy) is 1. The molecule has 3 heterocycles. The van der Waals surface area contributed by atoms with Gasteiger partial charge in [0.2, 0.25) is 0 Å². The van der Waals surface area contributed by atoms with Gasteiger partial charge in [0.05, 0.1) is 19.4 Å². The Kier molecular flexibility index (Phi) is 8.06. The normalized spacial score (nSPS) is 22.3. The average molecular weight is 404 g/mol. The van der Waals surface area contributed by atoms with Crippen LogP contribution in [-0.2, 0) is 11.3 Å². The van der Waals surface area contributed by atoms with Crippen LogP contribution in [0.3, 0.4) is 0 Å². The van der Waals surface area contributed by atoms with Crippen LogP contribution in [0.4, 0.5) is 9.18 Å². The molecule has 0 radical (unpaired) electrons.